The molecule has 59 heavy (non-hydrogen) atoms. The summed E-state index contributed by atoms with van der Waals surface area (Å²) < 4.78 is 35.3. The number of hydrogen-bond acceptors (Lipinski definition) is 16. The van der Waals surface area contributed by atoms with Gasteiger partial charge >= 0.3 is 30.0 Å². The van der Waals surface area contributed by atoms with E-state index in [-0.39, 0.29) is 29.7 Å². The topological polar surface area (TPSA) is 231 Å². The molecule has 2 aromatic rings. The Kier molecular flexibility index (Phi) is 11.9. The van der Waals surface area contributed by atoms with Gasteiger partial charge in [0.1, 0.15) is 30.0 Å². The van der Waals surface area contributed by atoms with Crippen LogP contribution in [0, 0.1) is 16.7 Å². The van der Waals surface area contributed by atoms with Crippen LogP contribution < -0.4 is 5.32 Å². The molecule has 1 saturated heterocycles. The highest BCUT2D eigenvalue weighted by atomic mass is 32.1. The number of fused-ring (bicyclic) bond motifs is 5. The van der Waals surface area contributed by atoms with E-state index < -0.39 is 119 Å². The maximum atomic E-state index is 15.4. The molecule has 0 radical (unpaired) electrons. The van der Waals surface area contributed by atoms with Gasteiger partial charge in [0, 0.05) is 37.0 Å². The molecular weight excluding hydrogens is 791 g/mol. The summed E-state index contributed by atoms with van der Waals surface area (Å²) >= 11 is 1.14. The Balaban J connectivity index is 1.54. The van der Waals surface area contributed by atoms with Crippen molar-refractivity contribution in [1.29, 1.82) is 0 Å². The molecule has 2 saturated carbocycles. The number of carbonyl (C=O) groups excluding carboxylic acids is 6. The van der Waals surface area contributed by atoms with Crippen LogP contribution >= 0.6 is 11.3 Å². The van der Waals surface area contributed by atoms with Gasteiger partial charge in [0.05, 0.1) is 35.7 Å². The predicted molar refractivity (Wildman–Crippen MR) is 206 cm³/mol. The first-order valence-electron chi connectivity index (χ1n) is 19.4. The van der Waals surface area contributed by atoms with Crippen molar-refractivity contribution >= 4 is 47.1 Å². The van der Waals surface area contributed by atoms with Crippen molar-refractivity contribution < 1.29 is 72.5 Å². The SMILES string of the molecule is CC(=O)O[C@H]1C(=O)[C@@]2(C)[C@H]([C@H](OC(=O)c3ccccc3)[C@]3(O)C[C@H](OC(=O)[C@H](O)[C@@H](NC(=O)OC(C)C)c4cccs4)C(C)=C1C3(C)C)[C@]1(OC(C)=O)CO[C@@H]1C[C@@H]2O. The molecule has 2 bridgehead atoms. The second-order valence-corrected chi connectivity index (χ2v) is 17.7. The lowest BCUT2D eigenvalue weighted by molar-refractivity contribution is -0.346. The van der Waals surface area contributed by atoms with Crippen LogP contribution in [0.4, 0.5) is 4.79 Å². The molecule has 3 fully saturated rings. The van der Waals surface area contributed by atoms with Gasteiger partial charge < -0.3 is 49.1 Å². The Morgan fingerprint density at radius 2 is 1.64 bits per heavy atom. The highest BCUT2D eigenvalue weighted by Crippen LogP contribution is 2.64. The molecule has 320 valence electrons. The van der Waals surface area contributed by atoms with Crippen LogP contribution in [0.1, 0.15) is 89.5 Å². The monoisotopic (exact) mass is 841 g/mol. The Morgan fingerprint density at radius 1 is 0.966 bits per heavy atom. The Bertz CT molecular complexity index is 2020. The van der Waals surface area contributed by atoms with E-state index in [1.807, 2.05) is 0 Å². The quantitative estimate of drug-likeness (QED) is 0.152. The van der Waals surface area contributed by atoms with Crippen LogP contribution in [0.5, 0.6) is 0 Å². The van der Waals surface area contributed by atoms with Gasteiger partial charge in [0.2, 0.25) is 0 Å². The smallest absolute Gasteiger partial charge is 0.408 e. The molecule has 4 aliphatic rings. The van der Waals surface area contributed by atoms with Gasteiger partial charge in [-0.2, -0.15) is 0 Å². The van der Waals surface area contributed by atoms with Gasteiger partial charge in [-0.15, -0.1) is 11.3 Å². The number of rotatable bonds is 10. The third-order valence-corrected chi connectivity index (χ3v) is 13.4. The van der Waals surface area contributed by atoms with Crippen LogP contribution in [0.25, 0.3) is 0 Å². The third kappa shape index (κ3) is 7.45. The highest BCUT2D eigenvalue weighted by Gasteiger charge is 2.78. The number of alkyl carbamates (subject to hydrolysis) is 1. The minimum absolute atomic E-state index is 0.00617. The number of thiophene rings is 1. The van der Waals surface area contributed by atoms with Crippen molar-refractivity contribution in [3.63, 3.8) is 0 Å². The van der Waals surface area contributed by atoms with E-state index in [1.54, 1.807) is 63.4 Å². The number of Topliss-reactive ketones (excluding diaryl/α,β-unsaturated/α-hetero) is 1. The van der Waals surface area contributed by atoms with Gasteiger partial charge in [-0.25, -0.2) is 14.4 Å². The number of carbonyl (C=O) groups is 6. The summed E-state index contributed by atoms with van der Waals surface area (Å²) in [5.41, 5.74) is -7.63. The maximum Gasteiger partial charge on any atom is 0.408 e. The molecular formula is C42H51NO15S. The molecule has 0 unspecified atom stereocenters. The second kappa shape index (κ2) is 16.1. The number of amides is 1. The van der Waals surface area contributed by atoms with Crippen LogP contribution in [0.15, 0.2) is 59.0 Å². The summed E-state index contributed by atoms with van der Waals surface area (Å²) in [6.07, 6.45) is -11.9. The zero-order valence-electron chi connectivity index (χ0n) is 34.1. The highest BCUT2D eigenvalue weighted by molar-refractivity contribution is 7.10. The number of aliphatic hydroxyl groups is 3. The fourth-order valence-corrected chi connectivity index (χ4v) is 10.3. The van der Waals surface area contributed by atoms with Gasteiger partial charge in [0.15, 0.2) is 23.6 Å². The zero-order chi connectivity index (χ0) is 43.4. The summed E-state index contributed by atoms with van der Waals surface area (Å²) in [5, 5.41) is 41.3. The molecule has 1 amide bonds. The average molecular weight is 842 g/mol. The van der Waals surface area contributed by atoms with Crippen LogP contribution in [0.2, 0.25) is 0 Å². The zero-order valence-corrected chi connectivity index (χ0v) is 34.9. The largest absolute Gasteiger partial charge is 0.456 e. The summed E-state index contributed by atoms with van der Waals surface area (Å²) in [5.74, 6) is -6.26. The number of esters is 4. The van der Waals surface area contributed by atoms with E-state index in [2.05, 4.69) is 5.32 Å². The number of hydrogen-bond donors (Lipinski definition) is 4. The Morgan fingerprint density at radius 3 is 2.20 bits per heavy atom. The molecule has 0 spiro atoms. The van der Waals surface area contributed by atoms with E-state index in [4.69, 9.17) is 28.4 Å². The van der Waals surface area contributed by atoms with Gasteiger partial charge in [-0.3, -0.25) is 14.4 Å². The number of ether oxygens (including phenoxy) is 6. The van der Waals surface area contributed by atoms with Crippen molar-refractivity contribution in [3.05, 3.63) is 69.4 Å². The average Bonchev–Trinajstić information content (AvgIpc) is 3.69. The van der Waals surface area contributed by atoms with Crippen LogP contribution in [0.3, 0.4) is 0 Å². The third-order valence-electron chi connectivity index (χ3n) is 12.5. The lowest BCUT2D eigenvalue weighted by Crippen LogP contribution is -2.82. The molecule has 1 aromatic heterocycles. The number of benzene rings is 1. The van der Waals surface area contributed by atoms with E-state index >= 15 is 4.79 Å². The standard InChI is InChI=1S/C42H51NO15S/c1-20(2)54-38(51)43-30(26-15-12-16-59-26)31(47)37(50)56-25-18-42(52)35(57-36(49)24-13-10-9-11-14-24)33-40(8,27(46)17-28-41(33,19-53-28)58-23(5)45)34(48)32(55-22(4)44)29(21(25)3)39(42,6)7/h9-16,20,25,27-28,30-33,35,46-47,52H,17-19H2,1-8H3,(H,43,51)/t25-,27-,28+,30-,31+,32+,33-,35-,40+,41-,42+/m0/s1. The molecule has 4 N–H and O–H groups in total. The van der Waals surface area contributed by atoms with Crippen molar-refractivity contribution in [2.24, 2.45) is 16.7 Å². The summed E-state index contributed by atoms with van der Waals surface area (Å²) in [7, 11) is 0. The minimum atomic E-state index is -2.38. The minimum Gasteiger partial charge on any atom is -0.456 e. The Hall–Kier alpha value is -4.68. The van der Waals surface area contributed by atoms with E-state index in [1.165, 1.54) is 26.0 Å². The van der Waals surface area contributed by atoms with Gasteiger partial charge in [-0.05, 0) is 62.4 Å². The molecule has 16 nitrogen and oxygen atoms in total. The molecule has 1 aliphatic heterocycles. The van der Waals surface area contributed by atoms with Crippen molar-refractivity contribution in [3.8, 4) is 0 Å². The summed E-state index contributed by atoms with van der Waals surface area (Å²) in [4.78, 5) is 82.7. The van der Waals surface area contributed by atoms with E-state index in [0.29, 0.717) is 4.88 Å². The molecule has 1 aromatic carbocycles. The van der Waals surface area contributed by atoms with Crippen molar-refractivity contribution in [2.75, 3.05) is 6.61 Å². The maximum absolute atomic E-state index is 15.4. The first-order chi connectivity index (χ1) is 27.6. The fourth-order valence-electron chi connectivity index (χ4n) is 9.51. The Labute approximate surface area is 345 Å². The molecule has 17 heteroatoms. The van der Waals surface area contributed by atoms with Crippen molar-refractivity contribution in [2.45, 2.75) is 128 Å². The molecule has 6 rings (SSSR count). The second-order valence-electron chi connectivity index (χ2n) is 16.7. The fraction of sp³-hybridized carbons (Fsp3) is 0.571. The number of aliphatic hydroxyl groups excluding tert-OH is 2. The van der Waals surface area contributed by atoms with Crippen molar-refractivity contribution in [1.82, 2.24) is 5.32 Å². The van der Waals surface area contributed by atoms with Crippen LogP contribution in [-0.2, 0) is 47.6 Å². The summed E-state index contributed by atoms with van der Waals surface area (Å²) in [6.45, 7) is 11.2. The first-order valence-corrected chi connectivity index (χ1v) is 20.3. The van der Waals surface area contributed by atoms with Gasteiger partial charge in [0.25, 0.3) is 0 Å². The van der Waals surface area contributed by atoms with Crippen LogP contribution in [-0.4, -0.2) is 112 Å². The first kappa shape index (κ1) is 43.9. The summed E-state index contributed by atoms with van der Waals surface area (Å²) in [6, 6.07) is 9.73. The molecule has 2 heterocycles. The predicted octanol–water partition coefficient (Wildman–Crippen LogP) is 3.50. The lowest BCUT2D eigenvalue weighted by Gasteiger charge is -2.67. The molecule has 11 atom stereocenters. The van der Waals surface area contributed by atoms with E-state index in [0.717, 1.165) is 25.2 Å². The lowest BCUT2D eigenvalue weighted by atomic mass is 9.44. The number of ketones is 1. The normalized spacial score (nSPS) is 33.1. The number of nitrogens with one attached hydrogen (secondary N) is 1. The van der Waals surface area contributed by atoms with Gasteiger partial charge in [-0.1, -0.05) is 38.1 Å². The van der Waals surface area contributed by atoms with E-state index in [9.17, 15) is 39.3 Å². The molecule has 3 aliphatic carbocycles.